The second kappa shape index (κ2) is 6.39. The van der Waals surface area contributed by atoms with Crippen molar-refractivity contribution in [3.05, 3.63) is 28.2 Å². The van der Waals surface area contributed by atoms with Gasteiger partial charge < -0.3 is 14.7 Å². The number of piperidine rings is 1. The number of rotatable bonds is 4. The number of carbonyl (C=O) groups is 1. The third-order valence-corrected chi connectivity index (χ3v) is 3.80. The molecule has 5 heteroatoms. The third-order valence-electron chi connectivity index (χ3n) is 3.31. The lowest BCUT2D eigenvalue weighted by Crippen LogP contribution is -2.40. The largest absolute Gasteiger partial charge is 0.478 e. The Morgan fingerprint density at radius 3 is 3.05 bits per heavy atom. The Kier molecular flexibility index (Phi) is 4.82. The number of carboxylic acid groups (broad SMARTS) is 1. The molecule has 1 unspecified atom stereocenters. The van der Waals surface area contributed by atoms with Crippen LogP contribution in [0.15, 0.2) is 22.7 Å². The van der Waals surface area contributed by atoms with E-state index in [1.807, 2.05) is 19.1 Å². The monoisotopic (exact) mass is 327 g/mol. The molecule has 1 N–H and O–H groups in total. The van der Waals surface area contributed by atoms with Crippen molar-refractivity contribution in [1.29, 1.82) is 0 Å². The van der Waals surface area contributed by atoms with Gasteiger partial charge in [0.15, 0.2) is 0 Å². The molecule has 104 valence electrons. The van der Waals surface area contributed by atoms with Crippen LogP contribution in [0.4, 0.5) is 5.69 Å². The first-order valence-electron chi connectivity index (χ1n) is 6.51. The van der Waals surface area contributed by atoms with E-state index in [9.17, 15) is 9.90 Å². The molecule has 1 heterocycles. The number of hydrogen-bond donors (Lipinski definition) is 1. The highest BCUT2D eigenvalue weighted by molar-refractivity contribution is 9.10. The first-order valence-corrected chi connectivity index (χ1v) is 7.30. The van der Waals surface area contributed by atoms with Gasteiger partial charge in [0.05, 0.1) is 17.4 Å². The summed E-state index contributed by atoms with van der Waals surface area (Å²) in [6, 6.07) is 5.40. The summed E-state index contributed by atoms with van der Waals surface area (Å²) >= 11 is 3.32. The molecule has 1 aliphatic heterocycles. The summed E-state index contributed by atoms with van der Waals surface area (Å²) in [6.45, 7) is 4.33. The van der Waals surface area contributed by atoms with Gasteiger partial charge in [-0.2, -0.15) is 0 Å². The molecule has 4 nitrogen and oxygen atoms in total. The van der Waals surface area contributed by atoms with Crippen LogP contribution in [0.3, 0.4) is 0 Å². The highest BCUT2D eigenvalue weighted by Crippen LogP contribution is 2.28. The minimum Gasteiger partial charge on any atom is -0.478 e. The molecule has 1 fully saturated rings. The maximum Gasteiger partial charge on any atom is 0.337 e. The lowest BCUT2D eigenvalue weighted by molar-refractivity contribution is 0.0524. The number of hydrogen-bond acceptors (Lipinski definition) is 3. The molecule has 2 rings (SSSR count). The zero-order valence-electron chi connectivity index (χ0n) is 10.9. The van der Waals surface area contributed by atoms with Crippen LogP contribution in [0, 0.1) is 0 Å². The number of carboxylic acids is 1. The van der Waals surface area contributed by atoms with Crippen molar-refractivity contribution in [1.82, 2.24) is 0 Å². The van der Waals surface area contributed by atoms with E-state index in [4.69, 9.17) is 4.74 Å². The standard InChI is InChI=1S/C14H18BrNO3/c1-2-19-11-4-3-7-16(9-11)13-6-5-10(15)8-12(13)14(17)18/h5-6,8,11H,2-4,7,9H2,1H3,(H,17,18). The Hall–Kier alpha value is -1.07. The van der Waals surface area contributed by atoms with Crippen LogP contribution in [-0.4, -0.2) is 36.9 Å². The number of anilines is 1. The van der Waals surface area contributed by atoms with Gasteiger partial charge in [0.2, 0.25) is 0 Å². The van der Waals surface area contributed by atoms with Gasteiger partial charge >= 0.3 is 5.97 Å². The highest BCUT2D eigenvalue weighted by Gasteiger charge is 2.23. The fraction of sp³-hybridized carbons (Fsp3) is 0.500. The summed E-state index contributed by atoms with van der Waals surface area (Å²) < 4.78 is 6.44. The van der Waals surface area contributed by atoms with Crippen molar-refractivity contribution >= 4 is 27.6 Å². The quantitative estimate of drug-likeness (QED) is 0.922. The highest BCUT2D eigenvalue weighted by atomic mass is 79.9. The number of nitrogens with zero attached hydrogens (tertiary/aromatic N) is 1. The zero-order valence-corrected chi connectivity index (χ0v) is 12.5. The van der Waals surface area contributed by atoms with E-state index in [2.05, 4.69) is 20.8 Å². The zero-order chi connectivity index (χ0) is 13.8. The molecular formula is C14H18BrNO3. The predicted octanol–water partition coefficient (Wildman–Crippen LogP) is 3.15. The molecule has 0 amide bonds. The fourth-order valence-corrected chi connectivity index (χ4v) is 2.85. The minimum absolute atomic E-state index is 0.198. The topological polar surface area (TPSA) is 49.8 Å². The normalized spacial score (nSPS) is 19.5. The van der Waals surface area contributed by atoms with E-state index in [1.54, 1.807) is 6.07 Å². The number of halogens is 1. The lowest BCUT2D eigenvalue weighted by atomic mass is 10.1. The molecular weight excluding hydrogens is 310 g/mol. The van der Waals surface area contributed by atoms with Crippen molar-refractivity contribution in [3.8, 4) is 0 Å². The van der Waals surface area contributed by atoms with E-state index in [1.165, 1.54) is 0 Å². The number of aromatic carboxylic acids is 1. The molecule has 19 heavy (non-hydrogen) atoms. The fourth-order valence-electron chi connectivity index (χ4n) is 2.48. The molecule has 0 spiro atoms. The van der Waals surface area contributed by atoms with Crippen LogP contribution in [-0.2, 0) is 4.74 Å². The average Bonchev–Trinajstić information content (AvgIpc) is 2.39. The lowest BCUT2D eigenvalue weighted by Gasteiger charge is -2.34. The first-order chi connectivity index (χ1) is 9.11. The Morgan fingerprint density at radius 1 is 1.58 bits per heavy atom. The van der Waals surface area contributed by atoms with Gasteiger partial charge in [-0.3, -0.25) is 0 Å². The molecule has 0 bridgehead atoms. The molecule has 1 saturated heterocycles. The van der Waals surface area contributed by atoms with Crippen LogP contribution in [0.1, 0.15) is 30.1 Å². The maximum atomic E-state index is 11.3. The van der Waals surface area contributed by atoms with Gasteiger partial charge in [0.25, 0.3) is 0 Å². The van der Waals surface area contributed by atoms with Gasteiger partial charge in [-0.05, 0) is 38.0 Å². The first kappa shape index (κ1) is 14.3. The van der Waals surface area contributed by atoms with Gasteiger partial charge in [0, 0.05) is 24.2 Å². The Labute approximate surface area is 121 Å². The molecule has 0 aliphatic carbocycles. The van der Waals surface area contributed by atoms with Crippen molar-refractivity contribution < 1.29 is 14.6 Å². The van der Waals surface area contributed by atoms with E-state index in [-0.39, 0.29) is 6.10 Å². The summed E-state index contributed by atoms with van der Waals surface area (Å²) in [4.78, 5) is 13.5. The van der Waals surface area contributed by atoms with E-state index < -0.39 is 5.97 Å². The third kappa shape index (κ3) is 3.48. The Morgan fingerprint density at radius 2 is 2.37 bits per heavy atom. The molecule has 1 atom stereocenters. The molecule has 0 radical (unpaired) electrons. The van der Waals surface area contributed by atoms with Crippen molar-refractivity contribution in [3.63, 3.8) is 0 Å². The Bertz CT molecular complexity index is 462. The summed E-state index contributed by atoms with van der Waals surface area (Å²) in [5.41, 5.74) is 1.12. The van der Waals surface area contributed by atoms with Gasteiger partial charge in [-0.25, -0.2) is 4.79 Å². The molecule has 0 aromatic heterocycles. The summed E-state index contributed by atoms with van der Waals surface area (Å²) in [5, 5.41) is 9.31. The van der Waals surface area contributed by atoms with Gasteiger partial charge in [0.1, 0.15) is 0 Å². The van der Waals surface area contributed by atoms with E-state index in [0.29, 0.717) is 12.2 Å². The Balaban J connectivity index is 2.23. The van der Waals surface area contributed by atoms with Gasteiger partial charge in [-0.15, -0.1) is 0 Å². The second-order valence-electron chi connectivity index (χ2n) is 4.63. The summed E-state index contributed by atoms with van der Waals surface area (Å²) in [7, 11) is 0. The summed E-state index contributed by atoms with van der Waals surface area (Å²) in [6.07, 6.45) is 2.27. The molecule has 1 aliphatic rings. The molecule has 1 aromatic rings. The van der Waals surface area contributed by atoms with E-state index in [0.717, 1.165) is 36.1 Å². The van der Waals surface area contributed by atoms with Gasteiger partial charge in [-0.1, -0.05) is 15.9 Å². The SMILES string of the molecule is CCOC1CCCN(c2ccc(Br)cc2C(=O)O)C1. The van der Waals surface area contributed by atoms with Crippen molar-refractivity contribution in [2.45, 2.75) is 25.9 Å². The minimum atomic E-state index is -0.894. The van der Waals surface area contributed by atoms with E-state index >= 15 is 0 Å². The summed E-state index contributed by atoms with van der Waals surface area (Å²) in [5.74, 6) is -0.894. The average molecular weight is 328 g/mol. The number of benzene rings is 1. The van der Waals surface area contributed by atoms with Crippen LogP contribution >= 0.6 is 15.9 Å². The molecule has 0 saturated carbocycles. The maximum absolute atomic E-state index is 11.3. The smallest absolute Gasteiger partial charge is 0.337 e. The van der Waals surface area contributed by atoms with Crippen LogP contribution in [0.25, 0.3) is 0 Å². The number of ether oxygens (including phenoxy) is 1. The predicted molar refractivity (Wildman–Crippen MR) is 78.0 cm³/mol. The molecule has 1 aromatic carbocycles. The van der Waals surface area contributed by atoms with Crippen molar-refractivity contribution in [2.75, 3.05) is 24.6 Å². The van der Waals surface area contributed by atoms with Crippen molar-refractivity contribution in [2.24, 2.45) is 0 Å². The van der Waals surface area contributed by atoms with Crippen LogP contribution < -0.4 is 4.90 Å². The van der Waals surface area contributed by atoms with Crippen LogP contribution in [0.5, 0.6) is 0 Å². The van der Waals surface area contributed by atoms with Crippen LogP contribution in [0.2, 0.25) is 0 Å². The second-order valence-corrected chi connectivity index (χ2v) is 5.55.